The Labute approximate surface area is 209 Å². The van der Waals surface area contributed by atoms with Crippen molar-refractivity contribution in [3.8, 4) is 0 Å². The van der Waals surface area contributed by atoms with Gasteiger partial charge in [0, 0.05) is 25.9 Å². The molecule has 1 saturated carbocycles. The molecule has 0 atom stereocenters. The fourth-order valence-corrected chi connectivity index (χ4v) is 4.40. The molecule has 2 aromatic carbocycles. The monoisotopic (exact) mass is 554 g/mol. The number of halogens is 5. The van der Waals surface area contributed by atoms with E-state index in [1.165, 1.54) is 0 Å². The van der Waals surface area contributed by atoms with Crippen LogP contribution in [-0.4, -0.2) is 51.8 Å². The Hall–Kier alpha value is -2.90. The third-order valence-electron chi connectivity index (χ3n) is 5.13. The van der Waals surface area contributed by atoms with Gasteiger partial charge in [0.05, 0.1) is 15.3 Å². The number of benzene rings is 2. The first-order valence-electron chi connectivity index (χ1n) is 10.4. The van der Waals surface area contributed by atoms with Crippen molar-refractivity contribution < 1.29 is 45.4 Å². The first-order chi connectivity index (χ1) is 16.7. The number of hydrogen-bond acceptors (Lipinski definition) is 5. The van der Waals surface area contributed by atoms with E-state index in [2.05, 4.69) is 10.0 Å². The summed E-state index contributed by atoms with van der Waals surface area (Å²) in [6.07, 6.45) is -2.84. The molecule has 1 aliphatic carbocycles. The molecule has 3 N–H and O–H groups in total. The van der Waals surface area contributed by atoms with Gasteiger partial charge in [0.1, 0.15) is 5.82 Å². The Morgan fingerprint density at radius 2 is 1.72 bits per heavy atom. The summed E-state index contributed by atoms with van der Waals surface area (Å²) in [6, 6.07) is 9.91. The lowest BCUT2D eigenvalue weighted by Gasteiger charge is -2.16. The molecule has 0 unspecified atom stereocenters. The average molecular weight is 555 g/mol. The second-order valence-electron chi connectivity index (χ2n) is 7.75. The summed E-state index contributed by atoms with van der Waals surface area (Å²) in [5, 5.41) is 9.79. The van der Waals surface area contributed by atoms with E-state index in [1.807, 2.05) is 0 Å². The van der Waals surface area contributed by atoms with Crippen molar-refractivity contribution in [1.29, 1.82) is 0 Å². The molecule has 198 valence electrons. The molecule has 0 heterocycles. The molecular formula is C22H23ClF4N2O6S. The van der Waals surface area contributed by atoms with Crippen LogP contribution in [0, 0.1) is 5.82 Å². The standard InChI is InChI=1S/C20H22ClFN2O4S.C2HF3O2/c1-28-12-2-11-23-19(25)20(9-10-20)14-3-5-15(6-4-14)24-29(26,27)16-7-8-18(22)17(21)13-16;3-2(4,5)1(6)7/h3-8,13,24H,2,9-12H2,1H3,(H,23,25);(H,6,7). The minimum atomic E-state index is -5.08. The number of methoxy groups -OCH3 is 1. The van der Waals surface area contributed by atoms with E-state index in [9.17, 15) is 30.8 Å². The molecular weight excluding hydrogens is 532 g/mol. The number of sulfonamides is 1. The zero-order valence-electron chi connectivity index (χ0n) is 18.9. The number of rotatable bonds is 9. The minimum absolute atomic E-state index is 0.0251. The van der Waals surface area contributed by atoms with Crippen molar-refractivity contribution in [3.63, 3.8) is 0 Å². The molecule has 36 heavy (non-hydrogen) atoms. The number of carboxylic acids is 1. The van der Waals surface area contributed by atoms with Crippen LogP contribution in [0.1, 0.15) is 24.8 Å². The summed E-state index contributed by atoms with van der Waals surface area (Å²) >= 11 is 5.67. The Morgan fingerprint density at radius 3 is 2.19 bits per heavy atom. The van der Waals surface area contributed by atoms with E-state index in [-0.39, 0.29) is 15.8 Å². The van der Waals surface area contributed by atoms with Crippen LogP contribution >= 0.6 is 11.6 Å². The lowest BCUT2D eigenvalue weighted by atomic mass is 9.95. The van der Waals surface area contributed by atoms with Crippen LogP contribution in [0.5, 0.6) is 0 Å². The van der Waals surface area contributed by atoms with Crippen molar-refractivity contribution >= 4 is 39.2 Å². The number of aliphatic carboxylic acids is 1. The summed E-state index contributed by atoms with van der Waals surface area (Å²) in [5.74, 6) is -3.47. The lowest BCUT2D eigenvalue weighted by Crippen LogP contribution is -2.35. The van der Waals surface area contributed by atoms with Gasteiger partial charge in [-0.1, -0.05) is 23.7 Å². The number of carbonyl (C=O) groups excluding carboxylic acids is 1. The molecule has 0 radical (unpaired) electrons. The van der Waals surface area contributed by atoms with Crippen LogP contribution in [0.15, 0.2) is 47.4 Å². The first-order valence-corrected chi connectivity index (χ1v) is 12.2. The summed E-state index contributed by atoms with van der Waals surface area (Å²) < 4.78 is 77.4. The number of hydrogen-bond donors (Lipinski definition) is 3. The second kappa shape index (κ2) is 11.9. The highest BCUT2D eigenvalue weighted by Gasteiger charge is 2.51. The van der Waals surface area contributed by atoms with Crippen molar-refractivity contribution in [2.75, 3.05) is 25.0 Å². The van der Waals surface area contributed by atoms with Crippen LogP contribution in [0.25, 0.3) is 0 Å². The van der Waals surface area contributed by atoms with Gasteiger partial charge in [-0.05, 0) is 55.2 Å². The van der Waals surface area contributed by atoms with E-state index >= 15 is 0 Å². The fraction of sp³-hybridized carbons (Fsp3) is 0.364. The summed E-state index contributed by atoms with van der Waals surface area (Å²) in [4.78, 5) is 21.3. The van der Waals surface area contributed by atoms with Crippen LogP contribution in [0.4, 0.5) is 23.2 Å². The van der Waals surface area contributed by atoms with Crippen LogP contribution in [0.3, 0.4) is 0 Å². The highest BCUT2D eigenvalue weighted by atomic mass is 35.5. The van der Waals surface area contributed by atoms with Crippen LogP contribution in [0.2, 0.25) is 5.02 Å². The number of amides is 1. The quantitative estimate of drug-likeness (QED) is 0.317. The fourth-order valence-electron chi connectivity index (χ4n) is 3.07. The Bertz CT molecular complexity index is 1190. The van der Waals surface area contributed by atoms with Gasteiger partial charge >= 0.3 is 12.1 Å². The van der Waals surface area contributed by atoms with Crippen LogP contribution < -0.4 is 10.0 Å². The summed E-state index contributed by atoms with van der Waals surface area (Å²) in [7, 11) is -2.30. The number of carboxylic acid groups (broad SMARTS) is 1. The van der Waals surface area contributed by atoms with Gasteiger partial charge in [-0.2, -0.15) is 13.2 Å². The normalized spacial score (nSPS) is 14.3. The molecule has 1 fully saturated rings. The Kier molecular flexibility index (Phi) is 9.69. The van der Waals surface area contributed by atoms with Gasteiger partial charge in [-0.3, -0.25) is 9.52 Å². The summed E-state index contributed by atoms with van der Waals surface area (Å²) in [5.41, 5.74) is 0.634. The van der Waals surface area contributed by atoms with Gasteiger partial charge < -0.3 is 15.2 Å². The van der Waals surface area contributed by atoms with Gasteiger partial charge in [0.2, 0.25) is 5.91 Å². The largest absolute Gasteiger partial charge is 0.490 e. The summed E-state index contributed by atoms with van der Waals surface area (Å²) in [6.45, 7) is 1.13. The molecule has 0 aromatic heterocycles. The molecule has 1 amide bonds. The molecule has 14 heteroatoms. The zero-order valence-corrected chi connectivity index (χ0v) is 20.4. The molecule has 0 saturated heterocycles. The minimum Gasteiger partial charge on any atom is -0.475 e. The molecule has 0 aliphatic heterocycles. The maximum atomic E-state index is 13.3. The molecule has 2 aromatic rings. The van der Waals surface area contributed by atoms with E-state index in [4.69, 9.17) is 26.2 Å². The molecule has 1 aliphatic rings. The topological polar surface area (TPSA) is 122 Å². The third kappa shape index (κ3) is 7.80. The zero-order chi connectivity index (χ0) is 27.1. The Morgan fingerprint density at radius 1 is 1.14 bits per heavy atom. The van der Waals surface area contributed by atoms with Gasteiger partial charge in [-0.15, -0.1) is 0 Å². The van der Waals surface area contributed by atoms with Crippen molar-refractivity contribution in [1.82, 2.24) is 5.32 Å². The highest BCUT2D eigenvalue weighted by molar-refractivity contribution is 7.92. The third-order valence-corrected chi connectivity index (χ3v) is 6.80. The number of anilines is 1. The smallest absolute Gasteiger partial charge is 0.475 e. The van der Waals surface area contributed by atoms with E-state index in [0.29, 0.717) is 18.8 Å². The lowest BCUT2D eigenvalue weighted by molar-refractivity contribution is -0.192. The van der Waals surface area contributed by atoms with Gasteiger partial charge in [-0.25, -0.2) is 17.6 Å². The first kappa shape index (κ1) is 29.3. The van der Waals surface area contributed by atoms with Crippen molar-refractivity contribution in [2.45, 2.75) is 35.7 Å². The highest BCUT2D eigenvalue weighted by Crippen LogP contribution is 2.48. The molecule has 0 spiro atoms. The maximum Gasteiger partial charge on any atom is 0.490 e. The van der Waals surface area contributed by atoms with Crippen molar-refractivity contribution in [3.05, 3.63) is 58.9 Å². The number of ether oxygens (including phenoxy) is 1. The molecule has 0 bridgehead atoms. The van der Waals surface area contributed by atoms with E-state index in [1.54, 1.807) is 31.4 Å². The predicted octanol–water partition coefficient (Wildman–Crippen LogP) is 4.10. The van der Waals surface area contributed by atoms with Crippen molar-refractivity contribution in [2.24, 2.45) is 0 Å². The van der Waals surface area contributed by atoms with Crippen LogP contribution in [-0.2, 0) is 29.8 Å². The second-order valence-corrected chi connectivity index (χ2v) is 9.84. The van der Waals surface area contributed by atoms with E-state index < -0.39 is 33.4 Å². The number of carbonyl (C=O) groups is 2. The van der Waals surface area contributed by atoms with Gasteiger partial charge in [0.15, 0.2) is 0 Å². The number of alkyl halides is 3. The maximum absolute atomic E-state index is 13.3. The molecule has 8 nitrogen and oxygen atoms in total. The Balaban J connectivity index is 0.000000572. The number of nitrogens with one attached hydrogen (secondary N) is 2. The predicted molar refractivity (Wildman–Crippen MR) is 123 cm³/mol. The average Bonchev–Trinajstić information content (AvgIpc) is 3.60. The van der Waals surface area contributed by atoms with Gasteiger partial charge in [0.25, 0.3) is 10.0 Å². The molecule has 3 rings (SSSR count). The van der Waals surface area contributed by atoms with E-state index in [0.717, 1.165) is 43.0 Å². The SMILES string of the molecule is COCCCNC(=O)C1(c2ccc(NS(=O)(=O)c3ccc(F)c(Cl)c3)cc2)CC1.O=C(O)C(F)(F)F.